The third-order valence-corrected chi connectivity index (χ3v) is 9.12. The van der Waals surface area contributed by atoms with Gasteiger partial charge in [-0.3, -0.25) is 0 Å². The van der Waals surface area contributed by atoms with Crippen molar-refractivity contribution in [2.24, 2.45) is 40.4 Å². The van der Waals surface area contributed by atoms with Crippen LogP contribution in [0, 0.1) is 40.4 Å². The van der Waals surface area contributed by atoms with E-state index < -0.39 is 0 Å². The van der Waals surface area contributed by atoms with Crippen molar-refractivity contribution in [3.05, 3.63) is 11.6 Å². The second-order valence-electron chi connectivity index (χ2n) is 10.0. The van der Waals surface area contributed by atoms with E-state index in [0.29, 0.717) is 29.3 Å². The molecule has 4 rings (SSSR count). The van der Waals surface area contributed by atoms with Gasteiger partial charge in [-0.25, -0.2) is 0 Å². The summed E-state index contributed by atoms with van der Waals surface area (Å²) in [5, 5.41) is 19.9. The quantitative estimate of drug-likeness (QED) is 0.728. The van der Waals surface area contributed by atoms with Crippen LogP contribution in [-0.4, -0.2) is 22.9 Å². The fourth-order valence-electron chi connectivity index (χ4n) is 7.73. The van der Waals surface area contributed by atoms with Gasteiger partial charge >= 0.3 is 0 Å². The minimum atomic E-state index is -0.151. The molecule has 8 atom stereocenters. The number of aliphatic hydroxyl groups is 2. The molecule has 3 saturated carbocycles. The molecular weight excluding hydrogens is 296 g/mol. The van der Waals surface area contributed by atoms with Crippen LogP contribution >= 0.6 is 0 Å². The van der Waals surface area contributed by atoms with Gasteiger partial charge in [-0.2, -0.15) is 0 Å². The molecule has 0 radical (unpaired) electrons. The molecular formula is C22H36O2. The first-order chi connectivity index (χ1) is 11.4. The molecule has 2 N–H and O–H groups in total. The lowest BCUT2D eigenvalue weighted by molar-refractivity contribution is -0.0650. The first-order valence-electron chi connectivity index (χ1n) is 10.4. The molecule has 24 heavy (non-hydrogen) atoms. The van der Waals surface area contributed by atoms with Crippen LogP contribution in [-0.2, 0) is 0 Å². The monoisotopic (exact) mass is 332 g/mol. The Bertz CT molecular complexity index is 524. The fourth-order valence-corrected chi connectivity index (χ4v) is 7.73. The largest absolute Gasteiger partial charge is 0.396 e. The van der Waals surface area contributed by atoms with E-state index >= 15 is 0 Å². The van der Waals surface area contributed by atoms with Crippen LogP contribution in [0.3, 0.4) is 0 Å². The van der Waals surface area contributed by atoms with Crippen LogP contribution in [0.1, 0.15) is 72.1 Å². The maximum Gasteiger partial charge on any atom is 0.0545 e. The molecule has 0 aromatic rings. The van der Waals surface area contributed by atoms with Crippen LogP contribution < -0.4 is 0 Å². The zero-order valence-corrected chi connectivity index (χ0v) is 15.8. The summed E-state index contributed by atoms with van der Waals surface area (Å²) in [6.07, 6.45) is 12.5. The van der Waals surface area contributed by atoms with E-state index in [-0.39, 0.29) is 6.10 Å². The van der Waals surface area contributed by atoms with Crippen molar-refractivity contribution < 1.29 is 10.2 Å². The minimum Gasteiger partial charge on any atom is -0.396 e. The van der Waals surface area contributed by atoms with Gasteiger partial charge in [0.2, 0.25) is 0 Å². The summed E-state index contributed by atoms with van der Waals surface area (Å²) >= 11 is 0. The van der Waals surface area contributed by atoms with Crippen LogP contribution in [0.2, 0.25) is 0 Å². The Kier molecular flexibility index (Phi) is 4.16. The summed E-state index contributed by atoms with van der Waals surface area (Å²) in [7, 11) is 0. The average molecular weight is 333 g/mol. The fraction of sp³-hybridized carbons (Fsp3) is 0.909. The number of aliphatic hydroxyl groups excluding tert-OH is 2. The Balaban J connectivity index is 1.62. The molecule has 0 aromatic carbocycles. The van der Waals surface area contributed by atoms with Gasteiger partial charge in [-0.1, -0.05) is 25.5 Å². The van der Waals surface area contributed by atoms with Crippen molar-refractivity contribution in [2.75, 3.05) is 6.61 Å². The molecule has 4 aliphatic carbocycles. The Hall–Kier alpha value is -0.340. The van der Waals surface area contributed by atoms with Crippen molar-refractivity contribution >= 4 is 0 Å². The van der Waals surface area contributed by atoms with Gasteiger partial charge in [-0.15, -0.1) is 0 Å². The second kappa shape index (κ2) is 5.84. The lowest BCUT2D eigenvalue weighted by Gasteiger charge is -2.58. The summed E-state index contributed by atoms with van der Waals surface area (Å²) < 4.78 is 0. The molecule has 0 aromatic heterocycles. The maximum atomic E-state index is 10.3. The van der Waals surface area contributed by atoms with Crippen molar-refractivity contribution in [1.82, 2.24) is 0 Å². The van der Waals surface area contributed by atoms with Crippen molar-refractivity contribution in [3.8, 4) is 0 Å². The molecule has 0 amide bonds. The topological polar surface area (TPSA) is 40.5 Å². The van der Waals surface area contributed by atoms with E-state index in [1.54, 1.807) is 5.57 Å². The van der Waals surface area contributed by atoms with Crippen LogP contribution in [0.4, 0.5) is 0 Å². The van der Waals surface area contributed by atoms with Gasteiger partial charge in [0.05, 0.1) is 6.10 Å². The predicted octanol–water partition coefficient (Wildman–Crippen LogP) is 4.55. The second-order valence-corrected chi connectivity index (χ2v) is 10.0. The lowest BCUT2D eigenvalue weighted by Crippen LogP contribution is -2.51. The SMILES string of the molecule is CC(O)C1CCC2C3CC=C4CC(CO)CCC4(C)C3CCC12C. The van der Waals surface area contributed by atoms with Gasteiger partial charge in [0.25, 0.3) is 0 Å². The highest BCUT2D eigenvalue weighted by Gasteiger charge is 2.59. The highest BCUT2D eigenvalue weighted by Crippen LogP contribution is 2.66. The van der Waals surface area contributed by atoms with Crippen molar-refractivity contribution in [2.45, 2.75) is 78.2 Å². The van der Waals surface area contributed by atoms with Gasteiger partial charge in [0.1, 0.15) is 0 Å². The minimum absolute atomic E-state index is 0.151. The van der Waals surface area contributed by atoms with Gasteiger partial charge in [0.15, 0.2) is 0 Å². The lowest BCUT2D eigenvalue weighted by atomic mass is 9.47. The predicted molar refractivity (Wildman–Crippen MR) is 97.4 cm³/mol. The van der Waals surface area contributed by atoms with Gasteiger partial charge < -0.3 is 10.2 Å². The summed E-state index contributed by atoms with van der Waals surface area (Å²) in [6, 6.07) is 0. The number of fused-ring (bicyclic) bond motifs is 5. The van der Waals surface area contributed by atoms with Crippen LogP contribution in [0.15, 0.2) is 11.6 Å². The van der Waals surface area contributed by atoms with Crippen molar-refractivity contribution in [1.29, 1.82) is 0 Å². The molecule has 3 fully saturated rings. The summed E-state index contributed by atoms with van der Waals surface area (Å²) in [4.78, 5) is 0. The Morgan fingerprint density at radius 3 is 2.62 bits per heavy atom. The van der Waals surface area contributed by atoms with Gasteiger partial charge in [0, 0.05) is 6.61 Å². The first kappa shape index (κ1) is 17.1. The van der Waals surface area contributed by atoms with Crippen LogP contribution in [0.25, 0.3) is 0 Å². The number of rotatable bonds is 2. The third-order valence-electron chi connectivity index (χ3n) is 9.12. The zero-order chi connectivity index (χ0) is 17.1. The first-order valence-corrected chi connectivity index (χ1v) is 10.4. The highest BCUT2D eigenvalue weighted by atomic mass is 16.3. The Labute approximate surface area is 147 Å². The van der Waals surface area contributed by atoms with E-state index in [2.05, 4.69) is 19.9 Å². The molecule has 2 heteroatoms. The average Bonchev–Trinajstić information content (AvgIpc) is 2.91. The smallest absolute Gasteiger partial charge is 0.0545 e. The Morgan fingerprint density at radius 2 is 1.92 bits per heavy atom. The molecule has 0 spiro atoms. The molecule has 0 aliphatic heterocycles. The van der Waals surface area contributed by atoms with E-state index in [1.807, 2.05) is 6.92 Å². The maximum absolute atomic E-state index is 10.3. The molecule has 4 aliphatic rings. The molecule has 8 unspecified atom stereocenters. The molecule has 136 valence electrons. The van der Waals surface area contributed by atoms with Crippen LogP contribution in [0.5, 0.6) is 0 Å². The molecule has 0 bridgehead atoms. The Morgan fingerprint density at radius 1 is 1.12 bits per heavy atom. The number of allylic oxidation sites excluding steroid dienone is 2. The van der Waals surface area contributed by atoms with E-state index in [4.69, 9.17) is 0 Å². The number of hydrogen-bond acceptors (Lipinski definition) is 2. The summed E-state index contributed by atoms with van der Waals surface area (Å²) in [5.41, 5.74) is 2.42. The third kappa shape index (κ3) is 2.28. The molecule has 0 saturated heterocycles. The zero-order valence-electron chi connectivity index (χ0n) is 15.8. The normalized spacial score (nSPS) is 52.0. The standard InChI is InChI=1S/C22H36O2/c1-14(24)18-6-7-19-17-5-4-16-12-15(13-23)8-10-21(16,2)20(17)9-11-22(18,19)3/h4,14-15,17-20,23-24H,5-13H2,1-3H3. The van der Waals surface area contributed by atoms with E-state index in [9.17, 15) is 10.2 Å². The highest BCUT2D eigenvalue weighted by molar-refractivity contribution is 5.25. The van der Waals surface area contributed by atoms with E-state index in [0.717, 1.165) is 24.2 Å². The molecule has 0 heterocycles. The van der Waals surface area contributed by atoms with E-state index in [1.165, 1.54) is 44.9 Å². The summed E-state index contributed by atoms with van der Waals surface area (Å²) in [5.74, 6) is 3.48. The number of hydrogen-bond donors (Lipinski definition) is 2. The van der Waals surface area contributed by atoms with Gasteiger partial charge in [-0.05, 0) is 98.7 Å². The molecule has 2 nitrogen and oxygen atoms in total. The van der Waals surface area contributed by atoms with Crippen molar-refractivity contribution in [3.63, 3.8) is 0 Å². The summed E-state index contributed by atoms with van der Waals surface area (Å²) in [6.45, 7) is 7.40.